The van der Waals surface area contributed by atoms with Gasteiger partial charge in [0, 0.05) is 13.0 Å². The maximum atomic E-state index is 10.4. The number of anilines is 1. The predicted octanol–water partition coefficient (Wildman–Crippen LogP) is 6.72. The Balaban J connectivity index is 1.89. The highest BCUT2D eigenvalue weighted by molar-refractivity contribution is 5.66. The van der Waals surface area contributed by atoms with Crippen LogP contribution in [-0.2, 0) is 4.79 Å². The van der Waals surface area contributed by atoms with Crippen molar-refractivity contribution in [3.8, 4) is 0 Å². The van der Waals surface area contributed by atoms with Gasteiger partial charge in [-0.15, -0.1) is 0 Å². The summed E-state index contributed by atoms with van der Waals surface area (Å²) in [6.45, 7) is 8.41. The zero-order valence-electron chi connectivity index (χ0n) is 18.0. The Morgan fingerprint density at radius 1 is 0.793 bits per heavy atom. The van der Waals surface area contributed by atoms with Crippen molar-refractivity contribution < 1.29 is 9.90 Å². The monoisotopic (exact) mass is 401 g/mol. The Morgan fingerprint density at radius 3 is 1.62 bits per heavy atom. The van der Waals surface area contributed by atoms with Gasteiger partial charge in [0.15, 0.2) is 0 Å². The van der Waals surface area contributed by atoms with Crippen molar-refractivity contribution in [2.75, 3.05) is 11.9 Å². The van der Waals surface area contributed by atoms with Gasteiger partial charge in [-0.25, -0.2) is 9.97 Å². The van der Waals surface area contributed by atoms with E-state index in [2.05, 4.69) is 28.4 Å². The second kappa shape index (κ2) is 16.8. The number of aliphatic carboxylic acids is 1. The summed E-state index contributed by atoms with van der Waals surface area (Å²) < 4.78 is 0. The molecule has 162 valence electrons. The molecule has 0 aliphatic heterocycles. The average molecular weight is 402 g/mol. The van der Waals surface area contributed by atoms with Crippen LogP contribution in [-0.4, -0.2) is 27.6 Å². The highest BCUT2D eigenvalue weighted by Crippen LogP contribution is 2.13. The number of carboxylic acid groups (broad SMARTS) is 1. The molecule has 0 aromatic carbocycles. The van der Waals surface area contributed by atoms with E-state index in [4.69, 9.17) is 5.11 Å². The third kappa shape index (κ3) is 13.6. The Hall–Kier alpha value is -2.17. The van der Waals surface area contributed by atoms with Crippen LogP contribution in [0.4, 0.5) is 5.95 Å². The summed E-state index contributed by atoms with van der Waals surface area (Å²) >= 11 is 0. The number of carbonyl (C=O) groups is 1. The van der Waals surface area contributed by atoms with Gasteiger partial charge in [0.1, 0.15) is 0 Å². The minimum Gasteiger partial charge on any atom is -0.481 e. The molecule has 0 bridgehead atoms. The van der Waals surface area contributed by atoms with Gasteiger partial charge >= 0.3 is 5.97 Å². The molecule has 1 heterocycles. The van der Waals surface area contributed by atoms with E-state index < -0.39 is 5.97 Å². The smallest absolute Gasteiger partial charge is 0.303 e. The molecule has 0 atom stereocenters. The van der Waals surface area contributed by atoms with Crippen LogP contribution in [0.1, 0.15) is 101 Å². The van der Waals surface area contributed by atoms with Crippen molar-refractivity contribution in [1.29, 1.82) is 0 Å². The lowest BCUT2D eigenvalue weighted by atomic mass is 10.0. The Labute approximate surface area is 176 Å². The van der Waals surface area contributed by atoms with Crippen molar-refractivity contribution in [2.45, 2.75) is 89.9 Å². The van der Waals surface area contributed by atoms with Gasteiger partial charge in [0.25, 0.3) is 0 Å². The summed E-state index contributed by atoms with van der Waals surface area (Å²) in [5, 5.41) is 11.9. The summed E-state index contributed by atoms with van der Waals surface area (Å²) in [6, 6.07) is 1.87. The number of nitrogens with zero attached hydrogens (tertiary/aromatic N) is 2. The summed E-state index contributed by atoms with van der Waals surface area (Å²) in [6.07, 6.45) is 19.7. The highest BCUT2D eigenvalue weighted by Gasteiger charge is 2.00. The third-order valence-electron chi connectivity index (χ3n) is 5.03. The molecule has 1 rings (SSSR count). The molecular weight excluding hydrogens is 362 g/mol. The van der Waals surface area contributed by atoms with Gasteiger partial charge in [0.05, 0.1) is 11.4 Å². The standard InChI is InChI=1S/C24H39N3O2/c1-3-21-20-22(4-2)27-24(26-21)25-19-17-15-13-11-9-7-5-6-8-10-12-14-16-18-23(28)29/h3-4,20H,1-2,5-19H2,(H,28,29)(H,25,26,27). The fourth-order valence-corrected chi connectivity index (χ4v) is 3.32. The third-order valence-corrected chi connectivity index (χ3v) is 5.03. The first kappa shape index (κ1) is 24.9. The normalized spacial score (nSPS) is 10.6. The molecular formula is C24H39N3O2. The topological polar surface area (TPSA) is 75.1 Å². The lowest BCUT2D eigenvalue weighted by molar-refractivity contribution is -0.137. The molecule has 0 aliphatic rings. The van der Waals surface area contributed by atoms with E-state index in [9.17, 15) is 4.79 Å². The fraction of sp³-hybridized carbons (Fsp3) is 0.625. The number of hydrogen-bond acceptors (Lipinski definition) is 4. The maximum Gasteiger partial charge on any atom is 0.303 e. The van der Waals surface area contributed by atoms with E-state index in [0.29, 0.717) is 12.4 Å². The van der Waals surface area contributed by atoms with Gasteiger partial charge < -0.3 is 10.4 Å². The molecule has 0 saturated carbocycles. The van der Waals surface area contributed by atoms with Crippen molar-refractivity contribution in [3.63, 3.8) is 0 Å². The van der Waals surface area contributed by atoms with E-state index in [1.807, 2.05) is 6.07 Å². The zero-order valence-corrected chi connectivity index (χ0v) is 18.0. The molecule has 0 saturated heterocycles. The first-order valence-corrected chi connectivity index (χ1v) is 11.3. The Morgan fingerprint density at radius 2 is 1.21 bits per heavy atom. The number of hydrogen-bond donors (Lipinski definition) is 2. The van der Waals surface area contributed by atoms with Crippen LogP contribution in [0.15, 0.2) is 19.2 Å². The number of unbranched alkanes of at least 4 members (excludes halogenated alkanes) is 12. The van der Waals surface area contributed by atoms with Crippen molar-refractivity contribution in [2.24, 2.45) is 0 Å². The first-order chi connectivity index (χ1) is 14.2. The van der Waals surface area contributed by atoms with Crippen molar-refractivity contribution in [1.82, 2.24) is 9.97 Å². The molecule has 0 radical (unpaired) electrons. The van der Waals surface area contributed by atoms with Crippen LogP contribution in [0.25, 0.3) is 12.2 Å². The molecule has 2 N–H and O–H groups in total. The Bertz CT molecular complexity index is 576. The van der Waals surface area contributed by atoms with E-state index in [1.54, 1.807) is 12.2 Å². The molecule has 5 heteroatoms. The van der Waals surface area contributed by atoms with Gasteiger partial charge in [-0.1, -0.05) is 83.8 Å². The van der Waals surface area contributed by atoms with Crippen LogP contribution < -0.4 is 5.32 Å². The highest BCUT2D eigenvalue weighted by atomic mass is 16.4. The van der Waals surface area contributed by atoms with E-state index in [-0.39, 0.29) is 0 Å². The summed E-state index contributed by atoms with van der Waals surface area (Å²) in [5.74, 6) is -0.0186. The summed E-state index contributed by atoms with van der Waals surface area (Å²) in [7, 11) is 0. The van der Waals surface area contributed by atoms with Gasteiger partial charge in [-0.3, -0.25) is 4.79 Å². The first-order valence-electron chi connectivity index (χ1n) is 11.3. The quantitative estimate of drug-likeness (QED) is 0.252. The van der Waals surface area contributed by atoms with E-state index >= 15 is 0 Å². The SMILES string of the molecule is C=Cc1cc(C=C)nc(NCCCCCCCCCCCCCCCC(=O)O)n1. The minimum atomic E-state index is -0.671. The van der Waals surface area contributed by atoms with Gasteiger partial charge in [-0.2, -0.15) is 0 Å². The van der Waals surface area contributed by atoms with Crippen molar-refractivity contribution >= 4 is 24.1 Å². The molecule has 0 aliphatic carbocycles. The molecule has 29 heavy (non-hydrogen) atoms. The summed E-state index contributed by atoms with van der Waals surface area (Å²) in [4.78, 5) is 19.2. The maximum absolute atomic E-state index is 10.4. The van der Waals surface area contributed by atoms with E-state index in [0.717, 1.165) is 37.2 Å². The Kier molecular flexibility index (Phi) is 14.4. The van der Waals surface area contributed by atoms with Gasteiger partial charge in [0.2, 0.25) is 5.95 Å². The number of rotatable bonds is 19. The lowest BCUT2D eigenvalue weighted by Gasteiger charge is -2.07. The van der Waals surface area contributed by atoms with Crippen LogP contribution in [0.3, 0.4) is 0 Å². The molecule has 5 nitrogen and oxygen atoms in total. The van der Waals surface area contributed by atoms with Crippen LogP contribution in [0, 0.1) is 0 Å². The van der Waals surface area contributed by atoms with Crippen LogP contribution >= 0.6 is 0 Å². The molecule has 0 amide bonds. The fourth-order valence-electron chi connectivity index (χ4n) is 3.32. The number of aromatic nitrogens is 2. The second-order valence-electron chi connectivity index (χ2n) is 7.62. The lowest BCUT2D eigenvalue weighted by Crippen LogP contribution is -2.06. The average Bonchev–Trinajstić information content (AvgIpc) is 2.72. The molecule has 0 unspecified atom stereocenters. The van der Waals surface area contributed by atoms with Gasteiger partial charge in [-0.05, 0) is 31.1 Å². The second-order valence-corrected chi connectivity index (χ2v) is 7.62. The van der Waals surface area contributed by atoms with Crippen LogP contribution in [0.2, 0.25) is 0 Å². The van der Waals surface area contributed by atoms with Crippen LogP contribution in [0.5, 0.6) is 0 Å². The molecule has 1 aromatic rings. The molecule has 1 aromatic heterocycles. The predicted molar refractivity (Wildman–Crippen MR) is 123 cm³/mol. The zero-order chi connectivity index (χ0) is 21.2. The van der Waals surface area contributed by atoms with E-state index in [1.165, 1.54) is 64.2 Å². The number of carboxylic acids is 1. The van der Waals surface area contributed by atoms with Crippen molar-refractivity contribution in [3.05, 3.63) is 30.6 Å². The molecule has 0 fully saturated rings. The summed E-state index contributed by atoms with van der Waals surface area (Å²) in [5.41, 5.74) is 1.63. The number of nitrogens with one attached hydrogen (secondary N) is 1. The molecule has 0 spiro atoms. The largest absolute Gasteiger partial charge is 0.481 e. The minimum absolute atomic E-state index is 0.322.